The topological polar surface area (TPSA) is 35.6 Å². The number of nitrogens with zero attached hydrogens (tertiary/aromatic N) is 4. The fourth-order valence-corrected chi connectivity index (χ4v) is 3.08. The lowest BCUT2D eigenvalue weighted by molar-refractivity contribution is 0.658. The maximum absolute atomic E-state index is 6.29. The lowest BCUT2D eigenvalue weighted by Gasteiger charge is -2.09. The third-order valence-corrected chi connectivity index (χ3v) is 4.02. The molecule has 0 bridgehead atoms. The lowest BCUT2D eigenvalue weighted by atomic mass is 10.4. The average Bonchev–Trinajstić information content (AvgIpc) is 3.05. The molecule has 6 heteroatoms. The van der Waals surface area contributed by atoms with E-state index in [0.29, 0.717) is 0 Å². The number of halogens is 1. The average molecular weight is 295 g/mol. The highest BCUT2D eigenvalue weighted by Crippen LogP contribution is 2.30. The molecule has 100 valence electrons. The maximum atomic E-state index is 6.29. The summed E-state index contributed by atoms with van der Waals surface area (Å²) in [7, 11) is 0. The van der Waals surface area contributed by atoms with Gasteiger partial charge in [-0.2, -0.15) is 16.4 Å². The van der Waals surface area contributed by atoms with Crippen LogP contribution in [0.4, 0.5) is 0 Å². The van der Waals surface area contributed by atoms with Gasteiger partial charge < -0.3 is 0 Å². The van der Waals surface area contributed by atoms with Crippen molar-refractivity contribution in [3.63, 3.8) is 0 Å². The Balaban J connectivity index is 2.40. The second-order valence-corrected chi connectivity index (χ2v) is 5.91. The molecule has 4 nitrogen and oxygen atoms in total. The van der Waals surface area contributed by atoms with Gasteiger partial charge in [-0.1, -0.05) is 0 Å². The van der Waals surface area contributed by atoms with Crippen LogP contribution in [0.25, 0.3) is 16.9 Å². The molecule has 0 radical (unpaired) electrons. The minimum atomic E-state index is -0.142. The van der Waals surface area contributed by atoms with Crippen molar-refractivity contribution >= 4 is 34.1 Å². The molecule has 1 atom stereocenters. The Morgan fingerprint density at radius 3 is 2.84 bits per heavy atom. The fourth-order valence-electron chi connectivity index (χ4n) is 2.31. The van der Waals surface area contributed by atoms with Crippen LogP contribution in [0.5, 0.6) is 0 Å². The molecule has 0 saturated heterocycles. The van der Waals surface area contributed by atoms with Gasteiger partial charge in [0.15, 0.2) is 5.65 Å². The summed E-state index contributed by atoms with van der Waals surface area (Å²) in [6, 6.07) is 2.08. The van der Waals surface area contributed by atoms with E-state index in [2.05, 4.69) is 38.4 Å². The van der Waals surface area contributed by atoms with Gasteiger partial charge >= 0.3 is 0 Å². The van der Waals surface area contributed by atoms with E-state index in [1.807, 2.05) is 18.5 Å². The van der Waals surface area contributed by atoms with E-state index in [1.165, 1.54) is 0 Å². The van der Waals surface area contributed by atoms with Gasteiger partial charge in [-0.15, -0.1) is 11.6 Å². The molecule has 3 aromatic heterocycles. The molecular weight excluding hydrogens is 280 g/mol. The number of alkyl halides is 1. The molecule has 3 aromatic rings. The SMILES string of the molecule is CCn1nc(C)c2nc(C(C)Cl)n(-c3ccsc3)c21. The number of rotatable bonds is 3. The van der Waals surface area contributed by atoms with Gasteiger partial charge in [-0.25, -0.2) is 9.67 Å². The van der Waals surface area contributed by atoms with Crippen LogP contribution in [-0.4, -0.2) is 19.3 Å². The molecule has 0 fully saturated rings. The summed E-state index contributed by atoms with van der Waals surface area (Å²) < 4.78 is 4.10. The van der Waals surface area contributed by atoms with Crippen molar-refractivity contribution in [2.75, 3.05) is 0 Å². The molecule has 0 aliphatic heterocycles. The van der Waals surface area contributed by atoms with Crippen molar-refractivity contribution in [2.45, 2.75) is 32.7 Å². The third kappa shape index (κ3) is 1.88. The van der Waals surface area contributed by atoms with Crippen molar-refractivity contribution in [3.8, 4) is 5.69 Å². The highest BCUT2D eigenvalue weighted by molar-refractivity contribution is 7.08. The van der Waals surface area contributed by atoms with E-state index >= 15 is 0 Å². The molecule has 0 spiro atoms. The normalized spacial score (nSPS) is 13.3. The number of imidazole rings is 1. The highest BCUT2D eigenvalue weighted by atomic mass is 35.5. The van der Waals surface area contributed by atoms with E-state index in [1.54, 1.807) is 11.3 Å². The van der Waals surface area contributed by atoms with Crippen LogP contribution in [0, 0.1) is 6.92 Å². The second kappa shape index (κ2) is 4.65. The molecule has 0 saturated carbocycles. The summed E-state index contributed by atoms with van der Waals surface area (Å²) in [6.45, 7) is 6.84. The van der Waals surface area contributed by atoms with E-state index in [-0.39, 0.29) is 5.38 Å². The van der Waals surface area contributed by atoms with Crippen molar-refractivity contribution in [2.24, 2.45) is 0 Å². The van der Waals surface area contributed by atoms with Crippen LogP contribution >= 0.6 is 22.9 Å². The Labute approximate surface area is 120 Å². The minimum Gasteiger partial charge on any atom is -0.279 e. The molecule has 1 unspecified atom stereocenters. The van der Waals surface area contributed by atoms with Crippen LogP contribution in [0.15, 0.2) is 16.8 Å². The summed E-state index contributed by atoms with van der Waals surface area (Å²) in [6.07, 6.45) is 0. The Morgan fingerprint density at radius 2 is 2.26 bits per heavy atom. The van der Waals surface area contributed by atoms with E-state index in [9.17, 15) is 0 Å². The van der Waals surface area contributed by atoms with E-state index < -0.39 is 0 Å². The molecule has 0 amide bonds. The second-order valence-electron chi connectivity index (χ2n) is 4.48. The van der Waals surface area contributed by atoms with Gasteiger partial charge in [0.25, 0.3) is 0 Å². The van der Waals surface area contributed by atoms with Crippen molar-refractivity contribution < 1.29 is 0 Å². The molecule has 0 aliphatic carbocycles. The highest BCUT2D eigenvalue weighted by Gasteiger charge is 2.21. The van der Waals surface area contributed by atoms with Crippen LogP contribution in [0.2, 0.25) is 0 Å². The standard InChI is InChI=1S/C13H15ClN4S/c1-4-17-13-11(9(3)16-17)15-12(8(2)14)18(13)10-5-6-19-7-10/h5-8H,4H2,1-3H3. The first-order valence-electron chi connectivity index (χ1n) is 6.25. The summed E-state index contributed by atoms with van der Waals surface area (Å²) in [4.78, 5) is 4.69. The quantitative estimate of drug-likeness (QED) is 0.687. The molecular formula is C13H15ClN4S. The Hall–Kier alpha value is -1.33. The Morgan fingerprint density at radius 1 is 1.47 bits per heavy atom. The first kappa shape index (κ1) is 12.7. The number of hydrogen-bond donors (Lipinski definition) is 0. The van der Waals surface area contributed by atoms with Crippen LogP contribution in [0.3, 0.4) is 0 Å². The molecule has 0 aromatic carbocycles. The van der Waals surface area contributed by atoms with Gasteiger partial charge in [0, 0.05) is 11.9 Å². The summed E-state index contributed by atoms with van der Waals surface area (Å²) in [5, 5.41) is 8.55. The maximum Gasteiger partial charge on any atom is 0.163 e. The number of fused-ring (bicyclic) bond motifs is 1. The Bertz CT molecular complexity index is 709. The lowest BCUT2D eigenvalue weighted by Crippen LogP contribution is -2.06. The monoisotopic (exact) mass is 294 g/mol. The molecule has 3 rings (SSSR count). The summed E-state index contributed by atoms with van der Waals surface area (Å²) >= 11 is 7.96. The first-order valence-corrected chi connectivity index (χ1v) is 7.63. The predicted octanol–water partition coefficient (Wildman–Crippen LogP) is 3.91. The van der Waals surface area contributed by atoms with Crippen molar-refractivity contribution in [1.82, 2.24) is 19.3 Å². The number of hydrogen-bond acceptors (Lipinski definition) is 3. The van der Waals surface area contributed by atoms with E-state index in [0.717, 1.165) is 34.9 Å². The number of aromatic nitrogens is 4. The summed E-state index contributed by atoms with van der Waals surface area (Å²) in [5.41, 5.74) is 4.02. The van der Waals surface area contributed by atoms with Crippen LogP contribution in [-0.2, 0) is 6.54 Å². The Kier molecular flexibility index (Phi) is 3.11. The fraction of sp³-hybridized carbons (Fsp3) is 0.385. The largest absolute Gasteiger partial charge is 0.279 e. The zero-order valence-electron chi connectivity index (χ0n) is 11.1. The minimum absolute atomic E-state index is 0.142. The molecule has 0 aliphatic rings. The van der Waals surface area contributed by atoms with Crippen molar-refractivity contribution in [3.05, 3.63) is 28.3 Å². The summed E-state index contributed by atoms with van der Waals surface area (Å²) in [5.74, 6) is 0.873. The smallest absolute Gasteiger partial charge is 0.163 e. The predicted molar refractivity (Wildman–Crippen MR) is 79.4 cm³/mol. The zero-order valence-corrected chi connectivity index (χ0v) is 12.7. The van der Waals surface area contributed by atoms with Gasteiger partial charge in [0.1, 0.15) is 11.3 Å². The first-order chi connectivity index (χ1) is 9.13. The molecule has 19 heavy (non-hydrogen) atoms. The van der Waals surface area contributed by atoms with Gasteiger partial charge in [-0.3, -0.25) is 4.57 Å². The van der Waals surface area contributed by atoms with Crippen LogP contribution < -0.4 is 0 Å². The van der Waals surface area contributed by atoms with Gasteiger partial charge in [0.05, 0.1) is 16.8 Å². The van der Waals surface area contributed by atoms with Gasteiger partial charge in [-0.05, 0) is 32.2 Å². The number of aryl methyl sites for hydroxylation is 2. The third-order valence-electron chi connectivity index (χ3n) is 3.16. The van der Waals surface area contributed by atoms with Crippen LogP contribution in [0.1, 0.15) is 30.7 Å². The molecule has 0 N–H and O–H groups in total. The van der Waals surface area contributed by atoms with Gasteiger partial charge in [0.2, 0.25) is 0 Å². The zero-order chi connectivity index (χ0) is 13.6. The van der Waals surface area contributed by atoms with Crippen molar-refractivity contribution in [1.29, 1.82) is 0 Å². The number of thiophene rings is 1. The molecule has 3 heterocycles. The van der Waals surface area contributed by atoms with E-state index in [4.69, 9.17) is 11.6 Å².